The summed E-state index contributed by atoms with van der Waals surface area (Å²) in [5.41, 5.74) is 0.715. The molecule has 0 saturated heterocycles. The van der Waals surface area contributed by atoms with E-state index in [2.05, 4.69) is 11.9 Å². The van der Waals surface area contributed by atoms with Crippen LogP contribution in [0.4, 0.5) is 4.79 Å². The molecule has 0 aromatic heterocycles. The van der Waals surface area contributed by atoms with Crippen molar-refractivity contribution in [3.63, 3.8) is 0 Å². The Hall–Kier alpha value is -2.50. The first-order valence-electron chi connectivity index (χ1n) is 6.65. The number of carboxylic acids is 1. The predicted octanol–water partition coefficient (Wildman–Crippen LogP) is 1.61. The van der Waals surface area contributed by atoms with E-state index in [0.29, 0.717) is 18.7 Å². The Kier molecular flexibility index (Phi) is 6.26. The number of nitrogens with one attached hydrogen (secondary N) is 1. The third-order valence-corrected chi connectivity index (χ3v) is 2.99. The van der Waals surface area contributed by atoms with Gasteiger partial charge in [-0.1, -0.05) is 18.2 Å². The van der Waals surface area contributed by atoms with Crippen molar-refractivity contribution in [3.05, 3.63) is 42.5 Å². The summed E-state index contributed by atoms with van der Waals surface area (Å²) >= 11 is 0. The van der Waals surface area contributed by atoms with Gasteiger partial charge >= 0.3 is 12.0 Å². The Bertz CT molecular complexity index is 499. The smallest absolute Gasteiger partial charge is 0.326 e. The van der Waals surface area contributed by atoms with Crippen LogP contribution in [0, 0.1) is 0 Å². The first-order valence-corrected chi connectivity index (χ1v) is 6.65. The van der Waals surface area contributed by atoms with Gasteiger partial charge in [0, 0.05) is 19.5 Å². The lowest BCUT2D eigenvalue weighted by atomic mass is 10.1. The molecule has 21 heavy (non-hydrogen) atoms. The topological polar surface area (TPSA) is 89.9 Å². The highest BCUT2D eigenvalue weighted by atomic mass is 16.4. The molecule has 0 bridgehead atoms. The molecule has 1 unspecified atom stereocenters. The molecule has 6 heteroatoms. The molecule has 1 atom stereocenters. The molecule has 0 spiro atoms. The molecular weight excluding hydrogens is 272 g/mol. The molecule has 3 N–H and O–H groups in total. The van der Waals surface area contributed by atoms with Gasteiger partial charge in [0.05, 0.1) is 0 Å². The van der Waals surface area contributed by atoms with Crippen LogP contribution in [0.5, 0.6) is 5.75 Å². The van der Waals surface area contributed by atoms with E-state index < -0.39 is 18.0 Å². The number of aromatic hydroxyl groups is 1. The van der Waals surface area contributed by atoms with Crippen molar-refractivity contribution in [2.75, 3.05) is 13.1 Å². The molecule has 1 aromatic carbocycles. The number of amides is 2. The monoisotopic (exact) mass is 292 g/mol. The molecule has 0 radical (unpaired) electrons. The Morgan fingerprint density at radius 2 is 2.00 bits per heavy atom. The number of carbonyl (C=O) groups excluding carboxylic acids is 1. The van der Waals surface area contributed by atoms with Gasteiger partial charge in [0.25, 0.3) is 0 Å². The van der Waals surface area contributed by atoms with Crippen LogP contribution in [0.2, 0.25) is 0 Å². The zero-order valence-corrected chi connectivity index (χ0v) is 12.0. The van der Waals surface area contributed by atoms with E-state index in [1.807, 2.05) is 0 Å². The van der Waals surface area contributed by atoms with Crippen molar-refractivity contribution in [1.29, 1.82) is 0 Å². The van der Waals surface area contributed by atoms with E-state index in [4.69, 9.17) is 0 Å². The molecule has 2 amide bonds. The maximum absolute atomic E-state index is 12.0. The van der Waals surface area contributed by atoms with Crippen molar-refractivity contribution in [1.82, 2.24) is 10.2 Å². The quantitative estimate of drug-likeness (QED) is 0.666. The molecule has 0 heterocycles. The van der Waals surface area contributed by atoms with Crippen LogP contribution in [0.3, 0.4) is 0 Å². The minimum Gasteiger partial charge on any atom is -0.508 e. The summed E-state index contributed by atoms with van der Waals surface area (Å²) in [5.74, 6) is -0.996. The molecule has 0 fully saturated rings. The predicted molar refractivity (Wildman–Crippen MR) is 79.2 cm³/mol. The van der Waals surface area contributed by atoms with E-state index in [1.54, 1.807) is 25.1 Å². The van der Waals surface area contributed by atoms with E-state index >= 15 is 0 Å². The molecule has 0 aliphatic carbocycles. The lowest BCUT2D eigenvalue weighted by Gasteiger charge is -2.22. The summed E-state index contributed by atoms with van der Waals surface area (Å²) in [6, 6.07) is 4.74. The largest absolute Gasteiger partial charge is 0.508 e. The average molecular weight is 292 g/mol. The SMILES string of the molecule is C=CCN(CC)C(=O)NC(Cc1ccc(O)cc1)C(=O)O. The second kappa shape index (κ2) is 7.94. The lowest BCUT2D eigenvalue weighted by molar-refractivity contribution is -0.139. The first kappa shape index (κ1) is 16.6. The third kappa shape index (κ3) is 5.18. The number of hydrogen-bond acceptors (Lipinski definition) is 3. The van der Waals surface area contributed by atoms with Gasteiger partial charge in [0.2, 0.25) is 0 Å². The van der Waals surface area contributed by atoms with E-state index in [0.717, 1.165) is 0 Å². The fourth-order valence-corrected chi connectivity index (χ4v) is 1.82. The van der Waals surface area contributed by atoms with Crippen LogP contribution in [-0.4, -0.2) is 46.2 Å². The van der Waals surface area contributed by atoms with E-state index in [-0.39, 0.29) is 12.2 Å². The standard InChI is InChI=1S/C15H20N2O4/c1-3-9-17(4-2)15(21)16-13(14(19)20)10-11-5-7-12(18)8-6-11/h3,5-8,13,18H,1,4,9-10H2,2H3,(H,16,21)(H,19,20). The Balaban J connectivity index is 2.73. The average Bonchev–Trinajstić information content (AvgIpc) is 2.45. The van der Waals surface area contributed by atoms with E-state index in [1.165, 1.54) is 17.0 Å². The van der Waals surface area contributed by atoms with Crippen LogP contribution >= 0.6 is 0 Å². The number of phenols is 1. The molecule has 6 nitrogen and oxygen atoms in total. The van der Waals surface area contributed by atoms with Gasteiger partial charge in [0.1, 0.15) is 11.8 Å². The number of benzene rings is 1. The molecule has 0 aliphatic heterocycles. The third-order valence-electron chi connectivity index (χ3n) is 2.99. The van der Waals surface area contributed by atoms with Gasteiger partial charge in [-0.15, -0.1) is 6.58 Å². The van der Waals surface area contributed by atoms with E-state index in [9.17, 15) is 19.8 Å². The van der Waals surface area contributed by atoms with Crippen molar-refractivity contribution >= 4 is 12.0 Å². The van der Waals surface area contributed by atoms with Gasteiger partial charge in [0.15, 0.2) is 0 Å². The number of hydrogen-bond donors (Lipinski definition) is 3. The molecule has 0 saturated carbocycles. The summed E-state index contributed by atoms with van der Waals surface area (Å²) in [4.78, 5) is 24.7. The fourth-order valence-electron chi connectivity index (χ4n) is 1.82. The summed E-state index contributed by atoms with van der Waals surface area (Å²) in [6.07, 6.45) is 1.73. The molecule has 0 aliphatic rings. The highest BCUT2D eigenvalue weighted by Crippen LogP contribution is 2.11. The first-order chi connectivity index (χ1) is 9.97. The Labute approximate surface area is 123 Å². The zero-order valence-electron chi connectivity index (χ0n) is 12.0. The van der Waals surface area contributed by atoms with Crippen molar-refractivity contribution in [3.8, 4) is 5.75 Å². The minimum atomic E-state index is -1.11. The van der Waals surface area contributed by atoms with Gasteiger partial charge in [-0.3, -0.25) is 0 Å². The van der Waals surface area contributed by atoms with Gasteiger partial charge in [-0.05, 0) is 24.6 Å². The normalized spacial score (nSPS) is 11.5. The number of likely N-dealkylation sites (N-methyl/N-ethyl adjacent to an activating group) is 1. The summed E-state index contributed by atoms with van der Waals surface area (Å²) in [5, 5.41) is 20.9. The number of carboxylic acid groups (broad SMARTS) is 1. The second-order valence-corrected chi connectivity index (χ2v) is 4.54. The number of phenolic OH excluding ortho intramolecular Hbond substituents is 1. The second-order valence-electron chi connectivity index (χ2n) is 4.54. The van der Waals surface area contributed by atoms with Gasteiger partial charge in [-0.2, -0.15) is 0 Å². The van der Waals surface area contributed by atoms with Crippen molar-refractivity contribution in [2.45, 2.75) is 19.4 Å². The van der Waals surface area contributed by atoms with Crippen LogP contribution < -0.4 is 5.32 Å². The molecule has 1 rings (SSSR count). The van der Waals surface area contributed by atoms with Gasteiger partial charge < -0.3 is 20.4 Å². The fraction of sp³-hybridized carbons (Fsp3) is 0.333. The van der Waals surface area contributed by atoms with Crippen LogP contribution in [0.1, 0.15) is 12.5 Å². The molecule has 1 aromatic rings. The Morgan fingerprint density at radius 1 is 1.38 bits per heavy atom. The highest BCUT2D eigenvalue weighted by molar-refractivity contribution is 5.82. The molecular formula is C15H20N2O4. The lowest BCUT2D eigenvalue weighted by Crippen LogP contribution is -2.48. The van der Waals surface area contributed by atoms with Crippen LogP contribution in [0.25, 0.3) is 0 Å². The maximum atomic E-state index is 12.0. The van der Waals surface area contributed by atoms with Crippen molar-refractivity contribution < 1.29 is 19.8 Å². The molecule has 114 valence electrons. The van der Waals surface area contributed by atoms with Crippen LogP contribution in [0.15, 0.2) is 36.9 Å². The summed E-state index contributed by atoms with van der Waals surface area (Å²) < 4.78 is 0. The highest BCUT2D eigenvalue weighted by Gasteiger charge is 2.22. The van der Waals surface area contributed by atoms with Gasteiger partial charge in [-0.25, -0.2) is 9.59 Å². The minimum absolute atomic E-state index is 0.109. The summed E-state index contributed by atoms with van der Waals surface area (Å²) in [6.45, 7) is 6.18. The van der Waals surface area contributed by atoms with Crippen molar-refractivity contribution in [2.24, 2.45) is 0 Å². The number of urea groups is 1. The zero-order chi connectivity index (χ0) is 15.8. The number of rotatable bonds is 7. The summed E-state index contributed by atoms with van der Waals surface area (Å²) in [7, 11) is 0. The van der Waals surface area contributed by atoms with Crippen LogP contribution in [-0.2, 0) is 11.2 Å². The Morgan fingerprint density at radius 3 is 2.48 bits per heavy atom. The number of carbonyl (C=O) groups is 2. The maximum Gasteiger partial charge on any atom is 0.326 e. The number of nitrogens with zero attached hydrogens (tertiary/aromatic N) is 1. The number of aliphatic carboxylic acids is 1.